The van der Waals surface area contributed by atoms with Crippen LogP contribution in [0.4, 0.5) is 15.8 Å². The molecule has 0 radical (unpaired) electrons. The van der Waals surface area contributed by atoms with Gasteiger partial charge in [-0.25, -0.2) is 4.39 Å². The number of hydrogen-bond donors (Lipinski definition) is 1. The molecule has 1 fully saturated rings. The maximum Gasteiger partial charge on any atom is 0.237 e. The molecule has 9 heteroatoms. The van der Waals surface area contributed by atoms with Gasteiger partial charge >= 0.3 is 0 Å². The fraction of sp³-hybridized carbons (Fsp3) is 0.292. The lowest BCUT2D eigenvalue weighted by molar-refractivity contribution is -0.115. The summed E-state index contributed by atoms with van der Waals surface area (Å²) in [4.78, 5) is 15.1. The fourth-order valence-electron chi connectivity index (χ4n) is 3.51. The smallest absolute Gasteiger partial charge is 0.237 e. The van der Waals surface area contributed by atoms with Crippen LogP contribution in [0.2, 0.25) is 0 Å². The number of thioether (sulfide) groups is 1. The van der Waals surface area contributed by atoms with E-state index in [0.29, 0.717) is 17.5 Å². The summed E-state index contributed by atoms with van der Waals surface area (Å²) >= 11 is 1.32. The zero-order valence-electron chi connectivity index (χ0n) is 18.4. The van der Waals surface area contributed by atoms with Gasteiger partial charge in [-0.05, 0) is 55.5 Å². The summed E-state index contributed by atoms with van der Waals surface area (Å²) in [5, 5.41) is 11.7. The van der Waals surface area contributed by atoms with Gasteiger partial charge in [-0.1, -0.05) is 17.8 Å². The summed E-state index contributed by atoms with van der Waals surface area (Å²) in [6.45, 7) is 9.29. The van der Waals surface area contributed by atoms with Crippen LogP contribution < -0.4 is 10.2 Å². The molecule has 1 saturated heterocycles. The number of amides is 1. The van der Waals surface area contributed by atoms with Crippen LogP contribution in [0.15, 0.2) is 66.3 Å². The quantitative estimate of drug-likeness (QED) is 0.395. The largest absolute Gasteiger partial charge is 0.378 e. The second kappa shape index (κ2) is 10.6. The minimum absolute atomic E-state index is 0.129. The van der Waals surface area contributed by atoms with E-state index in [1.165, 1.54) is 23.9 Å². The molecule has 2 aromatic carbocycles. The number of carbonyl (C=O) groups is 1. The predicted molar refractivity (Wildman–Crippen MR) is 129 cm³/mol. The molecule has 1 N–H and O–H groups in total. The third-order valence-corrected chi connectivity index (χ3v) is 6.37. The maximum absolute atomic E-state index is 13.3. The van der Waals surface area contributed by atoms with Gasteiger partial charge in [0.25, 0.3) is 0 Å². The average Bonchev–Trinajstić information content (AvgIpc) is 3.23. The lowest BCUT2D eigenvalue weighted by atomic mass is 10.2. The van der Waals surface area contributed by atoms with Crippen LogP contribution in [0.25, 0.3) is 11.4 Å². The van der Waals surface area contributed by atoms with E-state index in [-0.39, 0.29) is 11.7 Å². The molecule has 1 aliphatic rings. The number of ether oxygens (including phenoxy) is 1. The van der Waals surface area contributed by atoms with Crippen molar-refractivity contribution >= 4 is 29.0 Å². The highest BCUT2D eigenvalue weighted by Gasteiger charge is 2.21. The van der Waals surface area contributed by atoms with E-state index in [2.05, 4.69) is 27.0 Å². The first-order chi connectivity index (χ1) is 16.0. The number of anilines is 2. The van der Waals surface area contributed by atoms with Crippen molar-refractivity contribution in [1.29, 1.82) is 0 Å². The van der Waals surface area contributed by atoms with Crippen molar-refractivity contribution in [3.63, 3.8) is 0 Å². The number of benzene rings is 2. The molecule has 3 aromatic rings. The Morgan fingerprint density at radius 2 is 1.88 bits per heavy atom. The standard InChI is InChI=1S/C24H26FN5O2S/c1-3-12-30-22(18-4-6-19(25)7-5-18)27-28-24(30)33-17(2)23(31)26-20-8-10-21(11-9-20)29-13-15-32-16-14-29/h3-11,17H,1,12-16H2,2H3,(H,26,31)/t17-/m0/s1. The van der Waals surface area contributed by atoms with Crippen molar-refractivity contribution in [1.82, 2.24) is 14.8 Å². The molecule has 7 nitrogen and oxygen atoms in total. The number of allylic oxidation sites excluding steroid dienone is 1. The second-order valence-electron chi connectivity index (χ2n) is 7.61. The van der Waals surface area contributed by atoms with Gasteiger partial charge in [0.1, 0.15) is 5.82 Å². The summed E-state index contributed by atoms with van der Waals surface area (Å²) < 4.78 is 20.6. The maximum atomic E-state index is 13.3. The van der Waals surface area contributed by atoms with Gasteiger partial charge in [-0.2, -0.15) is 0 Å². The number of morpholine rings is 1. The number of nitrogens with one attached hydrogen (secondary N) is 1. The number of aromatic nitrogens is 3. The molecule has 0 bridgehead atoms. The highest BCUT2D eigenvalue weighted by molar-refractivity contribution is 8.00. The SMILES string of the molecule is C=CCn1c(S[C@@H](C)C(=O)Nc2ccc(N3CCOCC3)cc2)nnc1-c1ccc(F)cc1. The topological polar surface area (TPSA) is 72.3 Å². The lowest BCUT2D eigenvalue weighted by Crippen LogP contribution is -2.36. The summed E-state index contributed by atoms with van der Waals surface area (Å²) in [6, 6.07) is 13.9. The molecule has 1 atom stereocenters. The van der Waals surface area contributed by atoms with Crippen molar-refractivity contribution in [2.24, 2.45) is 0 Å². The Balaban J connectivity index is 1.42. The van der Waals surface area contributed by atoms with E-state index >= 15 is 0 Å². The zero-order chi connectivity index (χ0) is 23.2. The highest BCUT2D eigenvalue weighted by Crippen LogP contribution is 2.28. The van der Waals surface area contributed by atoms with Crippen LogP contribution >= 0.6 is 11.8 Å². The first kappa shape index (κ1) is 23.0. The average molecular weight is 468 g/mol. The van der Waals surface area contributed by atoms with Crippen molar-refractivity contribution in [3.05, 3.63) is 67.0 Å². The molecular formula is C24H26FN5O2S. The number of nitrogens with zero attached hydrogens (tertiary/aromatic N) is 4. The molecular weight excluding hydrogens is 441 g/mol. The Bertz CT molecular complexity index is 1100. The third kappa shape index (κ3) is 5.61. The van der Waals surface area contributed by atoms with E-state index in [1.54, 1.807) is 18.2 Å². The van der Waals surface area contributed by atoms with E-state index in [0.717, 1.165) is 43.2 Å². The van der Waals surface area contributed by atoms with Crippen LogP contribution in [0, 0.1) is 5.82 Å². The van der Waals surface area contributed by atoms with Gasteiger partial charge in [0.2, 0.25) is 5.91 Å². The lowest BCUT2D eigenvalue weighted by Gasteiger charge is -2.28. The van der Waals surface area contributed by atoms with Crippen molar-refractivity contribution in [2.75, 3.05) is 36.5 Å². The Morgan fingerprint density at radius 1 is 1.18 bits per heavy atom. The van der Waals surface area contributed by atoms with Gasteiger partial charge in [-0.15, -0.1) is 16.8 Å². The van der Waals surface area contributed by atoms with Gasteiger partial charge in [0.05, 0.1) is 18.5 Å². The number of halogens is 1. The molecule has 0 aliphatic carbocycles. The van der Waals surface area contributed by atoms with Crippen LogP contribution in [0.3, 0.4) is 0 Å². The van der Waals surface area contributed by atoms with E-state index in [9.17, 15) is 9.18 Å². The molecule has 1 aromatic heterocycles. The van der Waals surface area contributed by atoms with Crippen LogP contribution in [-0.4, -0.2) is 52.2 Å². The molecule has 33 heavy (non-hydrogen) atoms. The van der Waals surface area contributed by atoms with Gasteiger partial charge in [0.15, 0.2) is 11.0 Å². The molecule has 1 aliphatic heterocycles. The van der Waals surface area contributed by atoms with E-state index in [4.69, 9.17) is 4.74 Å². The van der Waals surface area contributed by atoms with Crippen molar-refractivity contribution in [2.45, 2.75) is 23.9 Å². The second-order valence-corrected chi connectivity index (χ2v) is 8.92. The van der Waals surface area contributed by atoms with Crippen molar-refractivity contribution in [3.8, 4) is 11.4 Å². The fourth-order valence-corrected chi connectivity index (χ4v) is 4.37. The van der Waals surface area contributed by atoms with Crippen molar-refractivity contribution < 1.29 is 13.9 Å². The molecule has 0 unspecified atom stereocenters. The predicted octanol–water partition coefficient (Wildman–Crippen LogP) is 4.23. The third-order valence-electron chi connectivity index (χ3n) is 5.29. The van der Waals surface area contributed by atoms with E-state index < -0.39 is 5.25 Å². The molecule has 2 heterocycles. The highest BCUT2D eigenvalue weighted by atomic mass is 32.2. The first-order valence-corrected chi connectivity index (χ1v) is 11.6. The summed E-state index contributed by atoms with van der Waals surface area (Å²) in [5.74, 6) is 0.158. The Kier molecular flexibility index (Phi) is 7.41. The molecule has 1 amide bonds. The monoisotopic (exact) mass is 467 g/mol. The van der Waals surface area contributed by atoms with E-state index in [1.807, 2.05) is 35.8 Å². The van der Waals surface area contributed by atoms with Crippen LogP contribution in [0.5, 0.6) is 0 Å². The van der Waals surface area contributed by atoms with Crippen LogP contribution in [-0.2, 0) is 16.1 Å². The summed E-state index contributed by atoms with van der Waals surface area (Å²) in [6.07, 6.45) is 1.74. The number of hydrogen-bond acceptors (Lipinski definition) is 6. The Hall–Kier alpha value is -3.17. The Morgan fingerprint density at radius 3 is 2.55 bits per heavy atom. The zero-order valence-corrected chi connectivity index (χ0v) is 19.2. The minimum Gasteiger partial charge on any atom is -0.378 e. The summed E-state index contributed by atoms with van der Waals surface area (Å²) in [5.41, 5.74) is 2.60. The molecule has 0 spiro atoms. The number of carbonyl (C=O) groups excluding carboxylic acids is 1. The molecule has 4 rings (SSSR count). The molecule has 0 saturated carbocycles. The van der Waals surface area contributed by atoms with Gasteiger partial charge < -0.3 is 15.0 Å². The van der Waals surface area contributed by atoms with Gasteiger partial charge in [-0.3, -0.25) is 9.36 Å². The minimum atomic E-state index is -0.405. The first-order valence-electron chi connectivity index (χ1n) is 10.8. The normalized spacial score (nSPS) is 14.7. The van der Waals surface area contributed by atoms with Gasteiger partial charge in [0, 0.05) is 36.6 Å². The molecule has 172 valence electrons. The number of rotatable bonds is 8. The summed E-state index contributed by atoms with van der Waals surface area (Å²) in [7, 11) is 0. The van der Waals surface area contributed by atoms with Crippen LogP contribution in [0.1, 0.15) is 6.92 Å². The Labute approximate surface area is 196 Å².